The van der Waals surface area contributed by atoms with Crippen LogP contribution in [0.25, 0.3) is 5.57 Å². The predicted octanol–water partition coefficient (Wildman–Crippen LogP) is 2.57. The summed E-state index contributed by atoms with van der Waals surface area (Å²) in [6.07, 6.45) is 1.19. The van der Waals surface area contributed by atoms with Gasteiger partial charge in [-0.05, 0) is 37.1 Å². The van der Waals surface area contributed by atoms with Gasteiger partial charge >= 0.3 is 5.97 Å². The summed E-state index contributed by atoms with van der Waals surface area (Å²) in [4.78, 5) is 10.5. The van der Waals surface area contributed by atoms with E-state index in [1.165, 1.54) is 6.08 Å². The van der Waals surface area contributed by atoms with Gasteiger partial charge in [0.15, 0.2) is 0 Å². The molecular formula is C12H14O3. The molecule has 80 valence electrons. The third kappa shape index (κ3) is 3.46. The quantitative estimate of drug-likeness (QED) is 0.770. The lowest BCUT2D eigenvalue weighted by atomic mass is 10.1. The number of allylic oxidation sites excluding steroid dienone is 1. The molecule has 1 aromatic rings. The number of hydrogen-bond acceptors (Lipinski definition) is 2. The van der Waals surface area contributed by atoms with Crippen molar-refractivity contribution in [1.29, 1.82) is 0 Å². The minimum atomic E-state index is -0.929. The molecule has 0 aliphatic rings. The number of carboxylic acids is 1. The summed E-state index contributed by atoms with van der Waals surface area (Å²) in [5, 5.41) is 8.58. The Morgan fingerprint density at radius 3 is 2.47 bits per heavy atom. The molecule has 0 saturated carbocycles. The minimum absolute atomic E-state index is 0.628. The molecule has 0 heterocycles. The average molecular weight is 206 g/mol. The van der Waals surface area contributed by atoms with Crippen LogP contribution in [-0.4, -0.2) is 17.7 Å². The first-order valence-corrected chi connectivity index (χ1v) is 4.78. The van der Waals surface area contributed by atoms with Crippen molar-refractivity contribution in [2.45, 2.75) is 13.8 Å². The van der Waals surface area contributed by atoms with Crippen molar-refractivity contribution in [3.63, 3.8) is 0 Å². The number of rotatable bonds is 4. The first kappa shape index (κ1) is 11.3. The van der Waals surface area contributed by atoms with E-state index in [0.717, 1.165) is 16.9 Å². The van der Waals surface area contributed by atoms with Crippen LogP contribution in [0.4, 0.5) is 0 Å². The first-order valence-electron chi connectivity index (χ1n) is 4.78. The van der Waals surface area contributed by atoms with Crippen molar-refractivity contribution in [3.05, 3.63) is 35.9 Å². The van der Waals surface area contributed by atoms with E-state index in [4.69, 9.17) is 9.84 Å². The normalized spacial score (nSPS) is 11.2. The molecule has 15 heavy (non-hydrogen) atoms. The summed E-state index contributed by atoms with van der Waals surface area (Å²) < 4.78 is 5.29. The highest BCUT2D eigenvalue weighted by Gasteiger charge is 1.99. The summed E-state index contributed by atoms with van der Waals surface area (Å²) in [5.74, 6) is -0.134. The zero-order chi connectivity index (χ0) is 11.3. The van der Waals surface area contributed by atoms with E-state index in [2.05, 4.69) is 0 Å². The fraction of sp³-hybridized carbons (Fsp3) is 0.250. The number of hydrogen-bond donors (Lipinski definition) is 1. The highest BCUT2D eigenvalue weighted by atomic mass is 16.5. The van der Waals surface area contributed by atoms with Gasteiger partial charge in [0.2, 0.25) is 0 Å². The summed E-state index contributed by atoms with van der Waals surface area (Å²) in [6, 6.07) is 7.36. The number of ether oxygens (including phenoxy) is 1. The van der Waals surface area contributed by atoms with E-state index in [-0.39, 0.29) is 0 Å². The predicted molar refractivity (Wildman–Crippen MR) is 58.9 cm³/mol. The lowest BCUT2D eigenvalue weighted by Crippen LogP contribution is -1.92. The van der Waals surface area contributed by atoms with Gasteiger partial charge in [-0.15, -0.1) is 0 Å². The molecule has 3 nitrogen and oxygen atoms in total. The van der Waals surface area contributed by atoms with E-state index >= 15 is 0 Å². The minimum Gasteiger partial charge on any atom is -0.494 e. The Balaban J connectivity index is 2.84. The zero-order valence-corrected chi connectivity index (χ0v) is 8.86. The molecule has 0 radical (unpaired) electrons. The molecule has 3 heteroatoms. The van der Waals surface area contributed by atoms with Crippen LogP contribution in [-0.2, 0) is 4.79 Å². The Morgan fingerprint density at radius 2 is 2.00 bits per heavy atom. The summed E-state index contributed by atoms with van der Waals surface area (Å²) in [6.45, 7) is 4.32. The van der Waals surface area contributed by atoms with Crippen LogP contribution in [0, 0.1) is 0 Å². The maximum absolute atomic E-state index is 10.5. The van der Waals surface area contributed by atoms with Crippen LogP contribution in [0.2, 0.25) is 0 Å². The highest BCUT2D eigenvalue weighted by Crippen LogP contribution is 2.18. The van der Waals surface area contributed by atoms with Crippen molar-refractivity contribution in [1.82, 2.24) is 0 Å². The fourth-order valence-corrected chi connectivity index (χ4v) is 1.25. The second kappa shape index (κ2) is 5.20. The Bertz CT molecular complexity index is 363. The van der Waals surface area contributed by atoms with Crippen LogP contribution < -0.4 is 4.74 Å². The molecule has 1 N–H and O–H groups in total. The molecule has 0 aliphatic carbocycles. The Morgan fingerprint density at radius 1 is 1.40 bits per heavy atom. The Kier molecular flexibility index (Phi) is 3.92. The number of carbonyl (C=O) groups is 1. The van der Waals surface area contributed by atoms with Gasteiger partial charge in [-0.25, -0.2) is 4.79 Å². The van der Waals surface area contributed by atoms with Gasteiger partial charge in [-0.2, -0.15) is 0 Å². The molecule has 1 aromatic carbocycles. The molecule has 0 amide bonds. The first-order chi connectivity index (χ1) is 7.13. The standard InChI is InChI=1S/C12H14O3/c1-3-15-11-6-4-10(5-7-11)9(2)8-12(13)14/h4-8H,3H2,1-2H3,(H,13,14)/b9-8-. The smallest absolute Gasteiger partial charge is 0.328 e. The molecule has 0 unspecified atom stereocenters. The fourth-order valence-electron chi connectivity index (χ4n) is 1.25. The van der Waals surface area contributed by atoms with Crippen molar-refractivity contribution in [2.75, 3.05) is 6.61 Å². The lowest BCUT2D eigenvalue weighted by molar-refractivity contribution is -0.131. The third-order valence-corrected chi connectivity index (χ3v) is 1.96. The molecule has 1 rings (SSSR count). The van der Waals surface area contributed by atoms with Crippen LogP contribution in [0.5, 0.6) is 5.75 Å². The van der Waals surface area contributed by atoms with Crippen LogP contribution in [0.1, 0.15) is 19.4 Å². The Hall–Kier alpha value is -1.77. The largest absolute Gasteiger partial charge is 0.494 e. The van der Waals surface area contributed by atoms with Crippen molar-refractivity contribution >= 4 is 11.5 Å². The van der Waals surface area contributed by atoms with Gasteiger partial charge in [0.1, 0.15) is 5.75 Å². The van der Waals surface area contributed by atoms with Crippen LogP contribution >= 0.6 is 0 Å². The summed E-state index contributed by atoms with van der Waals surface area (Å²) in [5.41, 5.74) is 1.62. The topological polar surface area (TPSA) is 46.5 Å². The summed E-state index contributed by atoms with van der Waals surface area (Å²) >= 11 is 0. The van der Waals surface area contributed by atoms with Crippen molar-refractivity contribution < 1.29 is 14.6 Å². The van der Waals surface area contributed by atoms with Crippen LogP contribution in [0.3, 0.4) is 0 Å². The second-order valence-electron chi connectivity index (χ2n) is 3.12. The van der Waals surface area contributed by atoms with E-state index in [1.807, 2.05) is 31.2 Å². The van der Waals surface area contributed by atoms with E-state index in [9.17, 15) is 4.79 Å². The maximum atomic E-state index is 10.5. The molecule has 0 aliphatic heterocycles. The monoisotopic (exact) mass is 206 g/mol. The van der Waals surface area contributed by atoms with Gasteiger partial charge in [0, 0.05) is 6.08 Å². The second-order valence-corrected chi connectivity index (χ2v) is 3.12. The van der Waals surface area contributed by atoms with Gasteiger partial charge in [-0.3, -0.25) is 0 Å². The van der Waals surface area contributed by atoms with Gasteiger partial charge in [0.05, 0.1) is 6.61 Å². The number of carboxylic acid groups (broad SMARTS) is 1. The molecule has 0 bridgehead atoms. The molecular weight excluding hydrogens is 192 g/mol. The SMILES string of the molecule is CCOc1ccc(/C(C)=C\C(=O)O)cc1. The van der Waals surface area contributed by atoms with Gasteiger partial charge < -0.3 is 9.84 Å². The van der Waals surface area contributed by atoms with Gasteiger partial charge in [0.25, 0.3) is 0 Å². The summed E-state index contributed by atoms with van der Waals surface area (Å²) in [7, 11) is 0. The number of aliphatic carboxylic acids is 1. The third-order valence-electron chi connectivity index (χ3n) is 1.96. The van der Waals surface area contributed by atoms with E-state index in [0.29, 0.717) is 6.61 Å². The highest BCUT2D eigenvalue weighted by molar-refractivity contribution is 5.89. The van der Waals surface area contributed by atoms with E-state index in [1.54, 1.807) is 6.92 Å². The molecule has 0 atom stereocenters. The number of benzene rings is 1. The zero-order valence-electron chi connectivity index (χ0n) is 8.86. The van der Waals surface area contributed by atoms with Crippen molar-refractivity contribution in [2.24, 2.45) is 0 Å². The molecule has 0 fully saturated rings. The molecule has 0 spiro atoms. The lowest BCUT2D eigenvalue weighted by Gasteiger charge is -2.04. The maximum Gasteiger partial charge on any atom is 0.328 e. The molecule has 0 aromatic heterocycles. The average Bonchev–Trinajstić information content (AvgIpc) is 2.18. The van der Waals surface area contributed by atoms with Crippen LogP contribution in [0.15, 0.2) is 30.3 Å². The van der Waals surface area contributed by atoms with Crippen molar-refractivity contribution in [3.8, 4) is 5.75 Å². The molecule has 0 saturated heterocycles. The van der Waals surface area contributed by atoms with Gasteiger partial charge in [-0.1, -0.05) is 12.1 Å². The van der Waals surface area contributed by atoms with E-state index < -0.39 is 5.97 Å². The Labute approximate surface area is 89.0 Å².